The van der Waals surface area contributed by atoms with Gasteiger partial charge in [-0.1, -0.05) is 0 Å². The van der Waals surface area contributed by atoms with Gasteiger partial charge in [0.1, 0.15) is 0 Å². The van der Waals surface area contributed by atoms with Gasteiger partial charge in [0.2, 0.25) is 0 Å². The predicted molar refractivity (Wildman–Crippen MR) is 51.5 cm³/mol. The first-order chi connectivity index (χ1) is 6.29. The van der Waals surface area contributed by atoms with Gasteiger partial charge >= 0.3 is 0 Å². The van der Waals surface area contributed by atoms with Gasteiger partial charge in [0.15, 0.2) is 0 Å². The molecule has 0 saturated heterocycles. The summed E-state index contributed by atoms with van der Waals surface area (Å²) in [5.74, 6) is 1.62. The summed E-state index contributed by atoms with van der Waals surface area (Å²) in [6, 6.07) is 0. The van der Waals surface area contributed by atoms with Gasteiger partial charge in [-0.25, -0.2) is 0 Å². The summed E-state index contributed by atoms with van der Waals surface area (Å²) >= 11 is 0. The Kier molecular flexibility index (Phi) is 2.89. The topological polar surface area (TPSA) is 29.5 Å². The van der Waals surface area contributed by atoms with E-state index in [9.17, 15) is 5.11 Å². The van der Waals surface area contributed by atoms with Crippen molar-refractivity contribution in [3.05, 3.63) is 0 Å². The van der Waals surface area contributed by atoms with Crippen molar-refractivity contribution in [2.24, 2.45) is 11.8 Å². The molecule has 13 heavy (non-hydrogen) atoms. The van der Waals surface area contributed by atoms with Crippen LogP contribution in [-0.4, -0.2) is 24.4 Å². The van der Waals surface area contributed by atoms with Crippen molar-refractivity contribution in [1.29, 1.82) is 0 Å². The van der Waals surface area contributed by atoms with Crippen LogP contribution >= 0.6 is 0 Å². The number of ether oxygens (including phenoxy) is 1. The zero-order valence-corrected chi connectivity index (χ0v) is 8.41. The van der Waals surface area contributed by atoms with Crippen LogP contribution in [0.3, 0.4) is 0 Å². The largest absolute Gasteiger partial charge is 0.393 e. The fraction of sp³-hybridized carbons (Fsp3) is 1.00. The normalized spacial score (nSPS) is 45.7. The van der Waals surface area contributed by atoms with Crippen molar-refractivity contribution in [2.45, 2.75) is 50.7 Å². The Morgan fingerprint density at radius 1 is 1.00 bits per heavy atom. The van der Waals surface area contributed by atoms with Gasteiger partial charge in [0.05, 0.1) is 12.2 Å². The van der Waals surface area contributed by atoms with E-state index < -0.39 is 0 Å². The van der Waals surface area contributed by atoms with Crippen molar-refractivity contribution in [2.75, 3.05) is 7.11 Å². The molecule has 0 bridgehead atoms. The number of fused-ring (bicyclic) bond motifs is 1. The van der Waals surface area contributed by atoms with Crippen molar-refractivity contribution < 1.29 is 9.84 Å². The van der Waals surface area contributed by atoms with Crippen LogP contribution in [0.25, 0.3) is 0 Å². The summed E-state index contributed by atoms with van der Waals surface area (Å²) in [6.45, 7) is 0. The molecule has 0 heterocycles. The Hall–Kier alpha value is -0.0800. The van der Waals surface area contributed by atoms with Crippen LogP contribution in [0.1, 0.15) is 38.5 Å². The number of hydrogen-bond donors (Lipinski definition) is 1. The third-order valence-corrected chi connectivity index (χ3v) is 3.87. The molecule has 0 aromatic carbocycles. The third kappa shape index (κ3) is 2.05. The molecule has 76 valence electrons. The van der Waals surface area contributed by atoms with E-state index in [1.807, 2.05) is 7.11 Å². The maximum absolute atomic E-state index is 9.54. The lowest BCUT2D eigenvalue weighted by molar-refractivity contribution is -0.0132. The van der Waals surface area contributed by atoms with Gasteiger partial charge in [-0.15, -0.1) is 0 Å². The summed E-state index contributed by atoms with van der Waals surface area (Å²) in [7, 11) is 1.82. The van der Waals surface area contributed by atoms with Crippen molar-refractivity contribution in [3.63, 3.8) is 0 Å². The first kappa shape index (κ1) is 9.47. The highest BCUT2D eigenvalue weighted by Crippen LogP contribution is 2.41. The van der Waals surface area contributed by atoms with Gasteiger partial charge in [0.25, 0.3) is 0 Å². The van der Waals surface area contributed by atoms with E-state index in [4.69, 9.17) is 4.74 Å². The Labute approximate surface area is 80.3 Å². The molecule has 2 heteroatoms. The van der Waals surface area contributed by atoms with Gasteiger partial charge in [-0.3, -0.25) is 0 Å². The van der Waals surface area contributed by atoms with E-state index >= 15 is 0 Å². The van der Waals surface area contributed by atoms with E-state index in [1.165, 1.54) is 25.7 Å². The van der Waals surface area contributed by atoms with Crippen LogP contribution in [0.4, 0.5) is 0 Å². The molecule has 2 unspecified atom stereocenters. The van der Waals surface area contributed by atoms with E-state index in [-0.39, 0.29) is 6.10 Å². The summed E-state index contributed by atoms with van der Waals surface area (Å²) in [4.78, 5) is 0. The molecule has 2 aliphatic carbocycles. The summed E-state index contributed by atoms with van der Waals surface area (Å²) < 4.78 is 5.40. The molecule has 1 N–H and O–H groups in total. The predicted octanol–water partition coefficient (Wildman–Crippen LogP) is 1.96. The second-order valence-electron chi connectivity index (χ2n) is 4.66. The van der Waals surface area contributed by atoms with Crippen molar-refractivity contribution in [3.8, 4) is 0 Å². The molecule has 0 aliphatic heterocycles. The minimum absolute atomic E-state index is 0.0136. The highest BCUT2D eigenvalue weighted by Gasteiger charge is 2.34. The number of methoxy groups -OCH3 is 1. The van der Waals surface area contributed by atoms with Gasteiger partial charge < -0.3 is 9.84 Å². The monoisotopic (exact) mass is 184 g/mol. The lowest BCUT2D eigenvalue weighted by atomic mass is 9.69. The molecular weight excluding hydrogens is 164 g/mol. The molecule has 2 rings (SSSR count). The quantitative estimate of drug-likeness (QED) is 0.675. The third-order valence-electron chi connectivity index (χ3n) is 3.87. The number of aliphatic hydroxyl groups excluding tert-OH is 1. The molecule has 0 radical (unpaired) electrons. The molecule has 2 saturated carbocycles. The molecule has 2 nitrogen and oxygen atoms in total. The average Bonchev–Trinajstić information content (AvgIpc) is 2.17. The Morgan fingerprint density at radius 2 is 1.69 bits per heavy atom. The molecule has 0 aromatic heterocycles. The first-order valence-electron chi connectivity index (χ1n) is 5.50. The van der Waals surface area contributed by atoms with Crippen LogP contribution in [0, 0.1) is 11.8 Å². The van der Waals surface area contributed by atoms with Crippen LogP contribution in [0.2, 0.25) is 0 Å². The molecule has 0 spiro atoms. The van der Waals surface area contributed by atoms with Crippen molar-refractivity contribution >= 4 is 0 Å². The Bertz CT molecular complexity index is 169. The first-order valence-corrected chi connectivity index (χ1v) is 5.50. The molecule has 4 atom stereocenters. The fourth-order valence-electron chi connectivity index (χ4n) is 3.04. The maximum atomic E-state index is 9.54. The molecule has 0 aromatic rings. The molecular formula is C11H20O2. The SMILES string of the molecule is CO[C@H]1CCC2C[C@H](O)CCC2C1. The lowest BCUT2D eigenvalue weighted by Gasteiger charge is -2.40. The number of rotatable bonds is 1. The van der Waals surface area contributed by atoms with Crippen LogP contribution in [0.5, 0.6) is 0 Å². The van der Waals surface area contributed by atoms with E-state index in [1.54, 1.807) is 0 Å². The highest BCUT2D eigenvalue weighted by molar-refractivity contribution is 4.86. The number of hydrogen-bond acceptors (Lipinski definition) is 2. The smallest absolute Gasteiger partial charge is 0.0574 e. The molecule has 2 aliphatic rings. The Morgan fingerprint density at radius 3 is 2.46 bits per heavy atom. The lowest BCUT2D eigenvalue weighted by Crippen LogP contribution is -2.35. The second-order valence-corrected chi connectivity index (χ2v) is 4.66. The standard InChI is InChI=1S/C11H20O2/c1-13-11-5-3-8-6-10(12)4-2-9(8)7-11/h8-12H,2-7H2,1H3/t8?,9?,10-,11+/m1/s1. The number of aliphatic hydroxyl groups is 1. The van der Waals surface area contributed by atoms with Gasteiger partial charge in [0, 0.05) is 7.11 Å². The van der Waals surface area contributed by atoms with Crippen molar-refractivity contribution in [1.82, 2.24) is 0 Å². The second kappa shape index (κ2) is 3.97. The van der Waals surface area contributed by atoms with E-state index in [0.29, 0.717) is 6.10 Å². The van der Waals surface area contributed by atoms with Crippen LogP contribution < -0.4 is 0 Å². The van der Waals surface area contributed by atoms with Crippen LogP contribution in [0.15, 0.2) is 0 Å². The minimum atomic E-state index is -0.0136. The Balaban J connectivity index is 1.90. The summed E-state index contributed by atoms with van der Waals surface area (Å²) in [6.07, 6.45) is 7.44. The summed E-state index contributed by atoms with van der Waals surface area (Å²) in [5, 5.41) is 9.54. The van der Waals surface area contributed by atoms with Crippen LogP contribution in [-0.2, 0) is 4.74 Å². The van der Waals surface area contributed by atoms with Gasteiger partial charge in [-0.2, -0.15) is 0 Å². The fourth-order valence-corrected chi connectivity index (χ4v) is 3.04. The summed E-state index contributed by atoms with van der Waals surface area (Å²) in [5.41, 5.74) is 0. The van der Waals surface area contributed by atoms with E-state index in [0.717, 1.165) is 24.7 Å². The molecule has 2 fully saturated rings. The zero-order chi connectivity index (χ0) is 9.26. The highest BCUT2D eigenvalue weighted by atomic mass is 16.5. The molecule has 0 amide bonds. The minimum Gasteiger partial charge on any atom is -0.393 e. The average molecular weight is 184 g/mol. The van der Waals surface area contributed by atoms with E-state index in [2.05, 4.69) is 0 Å². The maximum Gasteiger partial charge on any atom is 0.0574 e. The zero-order valence-electron chi connectivity index (χ0n) is 8.41. The van der Waals surface area contributed by atoms with Gasteiger partial charge in [-0.05, 0) is 50.4 Å².